The number of rotatable bonds is 5. The molecule has 2 aromatic rings. The molecule has 4 nitrogen and oxygen atoms in total. The second-order valence-corrected chi connectivity index (χ2v) is 7.86. The van der Waals surface area contributed by atoms with E-state index in [1.165, 1.54) is 38.5 Å². The Morgan fingerprint density at radius 1 is 1.24 bits per heavy atom. The fraction of sp³-hybridized carbons (Fsp3) is 0.450. The van der Waals surface area contributed by atoms with Crippen molar-refractivity contribution in [2.45, 2.75) is 45.4 Å². The summed E-state index contributed by atoms with van der Waals surface area (Å²) in [7, 11) is 0. The number of anilines is 2. The van der Waals surface area contributed by atoms with Crippen molar-refractivity contribution in [2.75, 3.05) is 11.4 Å². The van der Waals surface area contributed by atoms with E-state index in [2.05, 4.69) is 16.0 Å². The lowest BCUT2D eigenvalue weighted by atomic mass is 9.99. The minimum Gasteiger partial charge on any atom is -0.318 e. The number of hydrogen-bond acceptors (Lipinski definition) is 5. The highest BCUT2D eigenvalue weighted by Gasteiger charge is 2.21. The molecular weight excluding hydrogens is 330 g/mol. The second kappa shape index (κ2) is 8.26. The quantitative estimate of drug-likeness (QED) is 0.544. The molecule has 1 saturated carbocycles. The van der Waals surface area contributed by atoms with Gasteiger partial charge < -0.3 is 4.90 Å². The van der Waals surface area contributed by atoms with Crippen LogP contribution in [0, 0.1) is 24.2 Å². The van der Waals surface area contributed by atoms with Gasteiger partial charge in [0.05, 0.1) is 11.6 Å². The van der Waals surface area contributed by atoms with Gasteiger partial charge in [0, 0.05) is 17.1 Å². The first-order valence-corrected chi connectivity index (χ1v) is 9.73. The van der Waals surface area contributed by atoms with Crippen molar-refractivity contribution in [1.29, 1.82) is 5.26 Å². The van der Waals surface area contributed by atoms with E-state index in [0.29, 0.717) is 17.2 Å². The summed E-state index contributed by atoms with van der Waals surface area (Å²) in [5.74, 6) is 0.641. The van der Waals surface area contributed by atoms with E-state index in [0.717, 1.165) is 28.5 Å². The van der Waals surface area contributed by atoms with Crippen LogP contribution in [-0.2, 0) is 0 Å². The minimum absolute atomic E-state index is 0.527. The van der Waals surface area contributed by atoms with E-state index in [-0.39, 0.29) is 0 Å². The molecule has 0 unspecified atom stereocenters. The van der Waals surface area contributed by atoms with Gasteiger partial charge in [-0.3, -0.25) is 4.79 Å². The monoisotopic (exact) mass is 353 g/mol. The average Bonchev–Trinajstić information content (AvgIpc) is 2.84. The summed E-state index contributed by atoms with van der Waals surface area (Å²) in [6.45, 7) is 2.85. The van der Waals surface area contributed by atoms with Gasteiger partial charge in [-0.05, 0) is 49.9 Å². The molecule has 1 heterocycles. The predicted molar refractivity (Wildman–Crippen MR) is 102 cm³/mol. The summed E-state index contributed by atoms with van der Waals surface area (Å²) in [5, 5.41) is 9.90. The summed E-state index contributed by atoms with van der Waals surface area (Å²) in [6.07, 6.45) is 8.58. The third-order valence-electron chi connectivity index (χ3n) is 4.89. The Labute approximate surface area is 153 Å². The molecule has 25 heavy (non-hydrogen) atoms. The summed E-state index contributed by atoms with van der Waals surface area (Å²) in [5.41, 5.74) is 2.22. The smallest absolute Gasteiger partial charge is 0.190 e. The summed E-state index contributed by atoms with van der Waals surface area (Å²) in [4.78, 5) is 18.9. The van der Waals surface area contributed by atoms with Crippen LogP contribution in [-0.4, -0.2) is 17.8 Å². The molecule has 1 aromatic heterocycles. The molecule has 0 radical (unpaired) electrons. The zero-order chi connectivity index (χ0) is 17.6. The Morgan fingerprint density at radius 2 is 1.92 bits per heavy atom. The topological polar surface area (TPSA) is 57.0 Å². The molecule has 0 saturated heterocycles. The lowest BCUT2D eigenvalue weighted by Gasteiger charge is -2.27. The number of nitriles is 1. The van der Waals surface area contributed by atoms with Crippen LogP contribution in [0.3, 0.4) is 0 Å². The van der Waals surface area contributed by atoms with Crippen LogP contribution in [0.15, 0.2) is 24.3 Å². The number of aldehydes is 1. The van der Waals surface area contributed by atoms with Crippen molar-refractivity contribution in [3.63, 3.8) is 0 Å². The van der Waals surface area contributed by atoms with Gasteiger partial charge in [-0.15, -0.1) is 11.3 Å². The number of hydrogen-bond donors (Lipinski definition) is 0. The Balaban J connectivity index is 1.91. The van der Waals surface area contributed by atoms with Crippen LogP contribution in [0.1, 0.15) is 59.5 Å². The number of carbonyl (C=O) groups excluding carboxylic acids is 1. The molecule has 0 atom stereocenters. The van der Waals surface area contributed by atoms with E-state index in [4.69, 9.17) is 5.26 Å². The van der Waals surface area contributed by atoms with Gasteiger partial charge >= 0.3 is 0 Å². The number of carbonyl (C=O) groups is 1. The zero-order valence-corrected chi connectivity index (χ0v) is 15.4. The normalized spacial score (nSPS) is 15.4. The number of thiazole rings is 1. The molecule has 1 fully saturated rings. The summed E-state index contributed by atoms with van der Waals surface area (Å²) >= 11 is 1.56. The van der Waals surface area contributed by atoms with E-state index in [1.807, 2.05) is 31.2 Å². The molecule has 0 aliphatic heterocycles. The molecule has 5 heteroatoms. The van der Waals surface area contributed by atoms with Crippen LogP contribution < -0.4 is 4.90 Å². The largest absolute Gasteiger partial charge is 0.318 e. The molecule has 3 rings (SSSR count). The lowest BCUT2D eigenvalue weighted by Crippen LogP contribution is -2.25. The molecule has 1 aliphatic carbocycles. The Bertz CT molecular complexity index is 752. The van der Waals surface area contributed by atoms with E-state index in [1.54, 1.807) is 11.3 Å². The fourth-order valence-corrected chi connectivity index (χ4v) is 4.34. The summed E-state index contributed by atoms with van der Waals surface area (Å²) < 4.78 is 0. The van der Waals surface area contributed by atoms with E-state index in [9.17, 15) is 4.79 Å². The molecule has 130 valence electrons. The lowest BCUT2D eigenvalue weighted by molar-refractivity contribution is 0.111. The molecule has 0 spiro atoms. The molecular formula is C20H23N3OS. The van der Waals surface area contributed by atoms with Crippen molar-refractivity contribution in [3.05, 3.63) is 40.4 Å². The highest BCUT2D eigenvalue weighted by molar-refractivity contribution is 7.15. The SMILES string of the molecule is Cc1sc(N(CC2CCCCCC2)c2ccc(C#N)cc2)nc1C=O. The zero-order valence-electron chi connectivity index (χ0n) is 14.6. The van der Waals surface area contributed by atoms with E-state index < -0.39 is 0 Å². The number of nitrogens with zero attached hydrogens (tertiary/aromatic N) is 3. The number of benzene rings is 1. The Kier molecular flexibility index (Phi) is 5.83. The fourth-order valence-electron chi connectivity index (χ4n) is 3.43. The van der Waals surface area contributed by atoms with Crippen molar-refractivity contribution in [3.8, 4) is 6.07 Å². The summed E-state index contributed by atoms with van der Waals surface area (Å²) in [6, 6.07) is 9.81. The Hall–Kier alpha value is -2.19. The predicted octanol–water partition coefficient (Wildman–Crippen LogP) is 5.24. The molecule has 0 bridgehead atoms. The van der Waals surface area contributed by atoms with Gasteiger partial charge in [-0.25, -0.2) is 4.98 Å². The first kappa shape index (κ1) is 17.6. The van der Waals surface area contributed by atoms with E-state index >= 15 is 0 Å². The van der Waals surface area contributed by atoms with Gasteiger partial charge in [-0.2, -0.15) is 5.26 Å². The maximum atomic E-state index is 11.2. The first-order chi connectivity index (χ1) is 12.2. The standard InChI is InChI=1S/C20H23N3OS/c1-15-19(14-24)22-20(25-15)23(13-17-6-4-2-3-5-7-17)18-10-8-16(12-21)9-11-18/h8-11,14,17H,2-7,13H2,1H3. The highest BCUT2D eigenvalue weighted by Crippen LogP contribution is 2.34. The van der Waals surface area contributed by atoms with Gasteiger partial charge in [0.25, 0.3) is 0 Å². The molecule has 1 aromatic carbocycles. The molecule has 0 N–H and O–H groups in total. The second-order valence-electron chi connectivity index (χ2n) is 6.68. The van der Waals surface area contributed by atoms with Crippen LogP contribution in [0.25, 0.3) is 0 Å². The average molecular weight is 353 g/mol. The molecule has 1 aliphatic rings. The van der Waals surface area contributed by atoms with Gasteiger partial charge in [0.15, 0.2) is 11.4 Å². The van der Waals surface area contributed by atoms with Crippen LogP contribution >= 0.6 is 11.3 Å². The third-order valence-corrected chi connectivity index (χ3v) is 5.90. The van der Waals surface area contributed by atoms with Crippen molar-refractivity contribution in [2.24, 2.45) is 5.92 Å². The van der Waals surface area contributed by atoms with Crippen molar-refractivity contribution >= 4 is 28.4 Å². The first-order valence-electron chi connectivity index (χ1n) is 8.91. The highest BCUT2D eigenvalue weighted by atomic mass is 32.1. The van der Waals surface area contributed by atoms with Crippen LogP contribution in [0.5, 0.6) is 0 Å². The van der Waals surface area contributed by atoms with Crippen LogP contribution in [0.4, 0.5) is 10.8 Å². The number of aromatic nitrogens is 1. The van der Waals surface area contributed by atoms with Gasteiger partial charge in [0.1, 0.15) is 5.69 Å². The van der Waals surface area contributed by atoms with Crippen LogP contribution in [0.2, 0.25) is 0 Å². The van der Waals surface area contributed by atoms with Crippen molar-refractivity contribution < 1.29 is 4.79 Å². The Morgan fingerprint density at radius 3 is 2.48 bits per heavy atom. The third kappa shape index (κ3) is 4.26. The van der Waals surface area contributed by atoms with Gasteiger partial charge in [-0.1, -0.05) is 25.7 Å². The minimum atomic E-state index is 0.527. The maximum Gasteiger partial charge on any atom is 0.190 e. The van der Waals surface area contributed by atoms with Gasteiger partial charge in [0.2, 0.25) is 0 Å². The number of aryl methyl sites for hydroxylation is 1. The maximum absolute atomic E-state index is 11.2. The van der Waals surface area contributed by atoms with Crippen molar-refractivity contribution in [1.82, 2.24) is 4.98 Å². The molecule has 0 amide bonds.